The fourth-order valence-corrected chi connectivity index (χ4v) is 1.51. The van der Waals surface area contributed by atoms with Gasteiger partial charge in [0.05, 0.1) is 5.69 Å². The van der Waals surface area contributed by atoms with Gasteiger partial charge in [-0.25, -0.2) is 4.98 Å². The molecule has 1 aromatic heterocycles. The first-order valence-corrected chi connectivity index (χ1v) is 5.64. The number of nitrogens with zero attached hydrogens (tertiary/aromatic N) is 2. The molecule has 0 saturated heterocycles. The van der Waals surface area contributed by atoms with E-state index in [4.69, 9.17) is 0 Å². The maximum absolute atomic E-state index is 4.24. The van der Waals surface area contributed by atoms with Crippen LogP contribution in [0.4, 0.5) is 5.69 Å². The van der Waals surface area contributed by atoms with Crippen LogP contribution in [0, 0.1) is 0 Å². The number of pyridine rings is 1. The van der Waals surface area contributed by atoms with E-state index in [1.165, 1.54) is 5.69 Å². The highest BCUT2D eigenvalue weighted by molar-refractivity contribution is 7.98. The SMILES string of the molecule is CC.CSc1ncccc1N(C)C. The third kappa shape index (κ3) is 3.68. The van der Waals surface area contributed by atoms with Gasteiger partial charge in [-0.1, -0.05) is 13.8 Å². The van der Waals surface area contributed by atoms with Crippen LogP contribution >= 0.6 is 11.8 Å². The molecule has 1 aromatic rings. The number of rotatable bonds is 2. The van der Waals surface area contributed by atoms with Crippen molar-refractivity contribution in [3.8, 4) is 0 Å². The number of hydrogen-bond donors (Lipinski definition) is 0. The average Bonchev–Trinajstić information content (AvgIpc) is 2.20. The summed E-state index contributed by atoms with van der Waals surface area (Å²) in [6.45, 7) is 4.00. The van der Waals surface area contributed by atoms with Crippen LogP contribution in [0.25, 0.3) is 0 Å². The average molecular weight is 198 g/mol. The second-order valence-electron chi connectivity index (χ2n) is 2.43. The molecule has 0 bridgehead atoms. The quantitative estimate of drug-likeness (QED) is 0.680. The van der Waals surface area contributed by atoms with E-state index < -0.39 is 0 Å². The monoisotopic (exact) mass is 198 g/mol. The van der Waals surface area contributed by atoms with E-state index in [0.717, 1.165) is 5.03 Å². The van der Waals surface area contributed by atoms with E-state index in [9.17, 15) is 0 Å². The first-order valence-electron chi connectivity index (χ1n) is 4.42. The van der Waals surface area contributed by atoms with Gasteiger partial charge in [0.2, 0.25) is 0 Å². The Hall–Kier alpha value is -0.700. The Kier molecular flexibility index (Phi) is 6.41. The standard InChI is InChI=1S/C8H12N2S.C2H6/c1-10(2)7-5-4-6-9-8(7)11-3;1-2/h4-6H,1-3H3;1-2H3. The zero-order chi connectivity index (χ0) is 10.3. The van der Waals surface area contributed by atoms with Gasteiger partial charge in [0.15, 0.2) is 0 Å². The Morgan fingerprint density at radius 1 is 1.31 bits per heavy atom. The van der Waals surface area contributed by atoms with Crippen molar-refractivity contribution >= 4 is 17.4 Å². The summed E-state index contributed by atoms with van der Waals surface area (Å²) in [6.07, 6.45) is 3.86. The Morgan fingerprint density at radius 3 is 2.31 bits per heavy atom. The molecule has 0 aliphatic rings. The molecule has 0 aliphatic heterocycles. The van der Waals surface area contributed by atoms with Crippen molar-refractivity contribution in [2.24, 2.45) is 0 Å². The second-order valence-corrected chi connectivity index (χ2v) is 3.22. The molecule has 0 atom stereocenters. The predicted octanol–water partition coefficient (Wildman–Crippen LogP) is 2.90. The molecule has 0 aromatic carbocycles. The fourth-order valence-electron chi connectivity index (χ4n) is 0.880. The van der Waals surface area contributed by atoms with Crippen molar-refractivity contribution in [1.29, 1.82) is 0 Å². The fraction of sp³-hybridized carbons (Fsp3) is 0.500. The molecule has 0 fully saturated rings. The van der Waals surface area contributed by atoms with Crippen molar-refractivity contribution < 1.29 is 0 Å². The highest BCUT2D eigenvalue weighted by atomic mass is 32.2. The van der Waals surface area contributed by atoms with Crippen molar-refractivity contribution in [3.63, 3.8) is 0 Å². The lowest BCUT2D eigenvalue weighted by Gasteiger charge is -2.14. The summed E-state index contributed by atoms with van der Waals surface area (Å²) in [5.74, 6) is 0. The van der Waals surface area contributed by atoms with Crippen LogP contribution in [0.5, 0.6) is 0 Å². The normalized spacial score (nSPS) is 8.69. The largest absolute Gasteiger partial charge is 0.375 e. The van der Waals surface area contributed by atoms with Crippen LogP contribution in [0.15, 0.2) is 23.4 Å². The van der Waals surface area contributed by atoms with Gasteiger partial charge in [-0.05, 0) is 18.4 Å². The van der Waals surface area contributed by atoms with E-state index in [0.29, 0.717) is 0 Å². The second kappa shape index (κ2) is 6.78. The molecular formula is C10H18N2S. The lowest BCUT2D eigenvalue weighted by Crippen LogP contribution is -2.10. The van der Waals surface area contributed by atoms with Gasteiger partial charge in [0.1, 0.15) is 5.03 Å². The predicted molar refractivity (Wildman–Crippen MR) is 61.7 cm³/mol. The van der Waals surface area contributed by atoms with Crippen LogP contribution in [0.1, 0.15) is 13.8 Å². The first-order chi connectivity index (χ1) is 6.25. The summed E-state index contributed by atoms with van der Waals surface area (Å²) >= 11 is 1.67. The lowest BCUT2D eigenvalue weighted by atomic mass is 10.4. The van der Waals surface area contributed by atoms with Crippen molar-refractivity contribution in [3.05, 3.63) is 18.3 Å². The third-order valence-electron chi connectivity index (χ3n) is 1.43. The van der Waals surface area contributed by atoms with Gasteiger partial charge >= 0.3 is 0 Å². The maximum atomic E-state index is 4.24. The molecule has 0 N–H and O–H groups in total. The van der Waals surface area contributed by atoms with Gasteiger partial charge in [-0.3, -0.25) is 0 Å². The van der Waals surface area contributed by atoms with Gasteiger partial charge in [-0.2, -0.15) is 0 Å². The molecule has 0 unspecified atom stereocenters. The molecule has 2 nitrogen and oxygen atoms in total. The van der Waals surface area contributed by atoms with E-state index in [1.54, 1.807) is 11.8 Å². The summed E-state index contributed by atoms with van der Waals surface area (Å²) in [5, 5.41) is 1.08. The lowest BCUT2D eigenvalue weighted by molar-refractivity contribution is 1.03. The van der Waals surface area contributed by atoms with Crippen LogP contribution in [0.3, 0.4) is 0 Å². The van der Waals surface area contributed by atoms with Crippen LogP contribution in [0.2, 0.25) is 0 Å². The molecule has 1 heterocycles. The third-order valence-corrected chi connectivity index (χ3v) is 2.13. The Labute approximate surface area is 85.4 Å². The zero-order valence-electron chi connectivity index (χ0n) is 9.03. The van der Waals surface area contributed by atoms with Crippen LogP contribution in [-0.2, 0) is 0 Å². The molecule has 74 valence electrons. The minimum Gasteiger partial charge on any atom is -0.375 e. The molecule has 13 heavy (non-hydrogen) atoms. The molecule has 1 rings (SSSR count). The Bertz CT molecular complexity index is 236. The number of anilines is 1. The Morgan fingerprint density at radius 2 is 1.92 bits per heavy atom. The molecular weight excluding hydrogens is 180 g/mol. The van der Waals surface area contributed by atoms with E-state index >= 15 is 0 Å². The molecule has 0 saturated carbocycles. The smallest absolute Gasteiger partial charge is 0.119 e. The molecule has 0 radical (unpaired) electrons. The van der Waals surface area contributed by atoms with Gasteiger partial charge in [-0.15, -0.1) is 11.8 Å². The maximum Gasteiger partial charge on any atom is 0.119 e. The van der Waals surface area contributed by atoms with Crippen molar-refractivity contribution in [2.75, 3.05) is 25.3 Å². The Balaban J connectivity index is 0.000000671. The van der Waals surface area contributed by atoms with E-state index in [1.807, 2.05) is 46.5 Å². The van der Waals surface area contributed by atoms with Gasteiger partial charge in [0, 0.05) is 20.3 Å². The minimum atomic E-state index is 1.08. The minimum absolute atomic E-state index is 1.08. The number of hydrogen-bond acceptors (Lipinski definition) is 3. The number of thioether (sulfide) groups is 1. The number of aromatic nitrogens is 1. The van der Waals surface area contributed by atoms with Crippen molar-refractivity contribution in [2.45, 2.75) is 18.9 Å². The summed E-state index contributed by atoms with van der Waals surface area (Å²) in [7, 11) is 4.05. The van der Waals surface area contributed by atoms with Crippen LogP contribution in [-0.4, -0.2) is 25.3 Å². The summed E-state index contributed by atoms with van der Waals surface area (Å²) in [5.41, 5.74) is 1.18. The van der Waals surface area contributed by atoms with E-state index in [2.05, 4.69) is 16.0 Å². The van der Waals surface area contributed by atoms with Crippen LogP contribution < -0.4 is 4.90 Å². The molecule has 3 heteroatoms. The summed E-state index contributed by atoms with van der Waals surface area (Å²) < 4.78 is 0. The summed E-state index contributed by atoms with van der Waals surface area (Å²) in [4.78, 5) is 6.31. The topological polar surface area (TPSA) is 16.1 Å². The van der Waals surface area contributed by atoms with Crippen molar-refractivity contribution in [1.82, 2.24) is 4.98 Å². The summed E-state index contributed by atoms with van der Waals surface area (Å²) in [6, 6.07) is 4.02. The molecule has 0 spiro atoms. The van der Waals surface area contributed by atoms with Gasteiger partial charge < -0.3 is 4.90 Å². The zero-order valence-corrected chi connectivity index (χ0v) is 9.85. The highest BCUT2D eigenvalue weighted by Crippen LogP contribution is 2.23. The molecule has 0 aliphatic carbocycles. The van der Waals surface area contributed by atoms with E-state index in [-0.39, 0.29) is 0 Å². The molecule has 0 amide bonds. The van der Waals surface area contributed by atoms with Gasteiger partial charge in [0.25, 0.3) is 0 Å². The highest BCUT2D eigenvalue weighted by Gasteiger charge is 2.01. The first kappa shape index (κ1) is 12.3.